The van der Waals surface area contributed by atoms with Crippen molar-refractivity contribution >= 4 is 17.6 Å². The molecule has 0 aromatic heterocycles. The van der Waals surface area contributed by atoms with Gasteiger partial charge in [-0.05, 0) is 42.3 Å². The Bertz CT molecular complexity index is 593. The zero-order valence-electron chi connectivity index (χ0n) is 11.0. The van der Waals surface area contributed by atoms with Crippen molar-refractivity contribution in [3.63, 3.8) is 0 Å². The van der Waals surface area contributed by atoms with Crippen LogP contribution in [0.3, 0.4) is 0 Å². The standard InChI is InChI=1S/C16H15ClO3/c1-11-3-2-4-14(9-11)20-15(16(18)19)10-12-5-7-13(17)8-6-12/h2-9,15H,10H2,1H3,(H,18,19)/t15-/m0/s1. The first kappa shape index (κ1) is 14.4. The molecule has 0 saturated carbocycles. The minimum Gasteiger partial charge on any atom is -0.478 e. The number of ether oxygens (including phenoxy) is 1. The summed E-state index contributed by atoms with van der Waals surface area (Å²) in [6, 6.07) is 14.4. The van der Waals surface area contributed by atoms with E-state index in [4.69, 9.17) is 16.3 Å². The Kier molecular flexibility index (Phi) is 4.64. The summed E-state index contributed by atoms with van der Waals surface area (Å²) in [5.74, 6) is -0.423. The van der Waals surface area contributed by atoms with E-state index in [0.717, 1.165) is 11.1 Å². The summed E-state index contributed by atoms with van der Waals surface area (Å²) in [7, 11) is 0. The molecule has 1 N–H and O–H groups in total. The van der Waals surface area contributed by atoms with Gasteiger partial charge in [-0.1, -0.05) is 35.9 Å². The van der Waals surface area contributed by atoms with Crippen LogP contribution in [0, 0.1) is 6.92 Å². The van der Waals surface area contributed by atoms with Crippen LogP contribution >= 0.6 is 11.6 Å². The maximum absolute atomic E-state index is 11.3. The molecule has 0 aliphatic carbocycles. The zero-order valence-corrected chi connectivity index (χ0v) is 11.8. The fraction of sp³-hybridized carbons (Fsp3) is 0.188. The summed E-state index contributed by atoms with van der Waals surface area (Å²) in [6.45, 7) is 1.93. The number of benzene rings is 2. The van der Waals surface area contributed by atoms with Crippen LogP contribution in [-0.2, 0) is 11.2 Å². The van der Waals surface area contributed by atoms with E-state index in [0.29, 0.717) is 17.2 Å². The van der Waals surface area contributed by atoms with Crippen molar-refractivity contribution in [2.24, 2.45) is 0 Å². The highest BCUT2D eigenvalue weighted by molar-refractivity contribution is 6.30. The molecule has 2 aromatic rings. The van der Waals surface area contributed by atoms with E-state index in [-0.39, 0.29) is 0 Å². The van der Waals surface area contributed by atoms with E-state index >= 15 is 0 Å². The Labute approximate surface area is 122 Å². The van der Waals surface area contributed by atoms with Crippen molar-refractivity contribution in [2.75, 3.05) is 0 Å². The van der Waals surface area contributed by atoms with Crippen LogP contribution in [0.4, 0.5) is 0 Å². The Balaban J connectivity index is 2.11. The quantitative estimate of drug-likeness (QED) is 0.913. The van der Waals surface area contributed by atoms with Crippen molar-refractivity contribution in [3.8, 4) is 5.75 Å². The molecule has 20 heavy (non-hydrogen) atoms. The SMILES string of the molecule is Cc1cccc(O[C@@H](Cc2ccc(Cl)cc2)C(=O)O)c1. The lowest BCUT2D eigenvalue weighted by atomic mass is 10.1. The van der Waals surface area contributed by atoms with Crippen molar-refractivity contribution in [1.29, 1.82) is 0 Å². The highest BCUT2D eigenvalue weighted by atomic mass is 35.5. The maximum atomic E-state index is 11.3. The minimum absolute atomic E-state index is 0.292. The number of carboxylic acid groups (broad SMARTS) is 1. The fourth-order valence-corrected chi connectivity index (χ4v) is 1.99. The van der Waals surface area contributed by atoms with Crippen LogP contribution in [0.15, 0.2) is 48.5 Å². The Morgan fingerprint density at radius 3 is 2.55 bits per heavy atom. The lowest BCUT2D eigenvalue weighted by molar-refractivity contribution is -0.145. The van der Waals surface area contributed by atoms with E-state index in [9.17, 15) is 9.90 Å². The first-order valence-corrected chi connectivity index (χ1v) is 6.63. The molecule has 1 atom stereocenters. The number of rotatable bonds is 5. The van der Waals surface area contributed by atoms with Crippen LogP contribution in [0.25, 0.3) is 0 Å². The molecule has 0 spiro atoms. The number of carbonyl (C=O) groups is 1. The highest BCUT2D eigenvalue weighted by Gasteiger charge is 2.20. The highest BCUT2D eigenvalue weighted by Crippen LogP contribution is 2.17. The van der Waals surface area contributed by atoms with E-state index in [1.54, 1.807) is 30.3 Å². The lowest BCUT2D eigenvalue weighted by Crippen LogP contribution is -2.29. The van der Waals surface area contributed by atoms with Gasteiger partial charge in [0.15, 0.2) is 6.10 Å². The molecule has 0 saturated heterocycles. The molecule has 3 nitrogen and oxygen atoms in total. The van der Waals surface area contributed by atoms with Gasteiger partial charge in [0.1, 0.15) is 5.75 Å². The third kappa shape index (κ3) is 4.00. The molecule has 0 unspecified atom stereocenters. The normalized spacial score (nSPS) is 11.9. The van der Waals surface area contributed by atoms with Crippen LogP contribution in [0.2, 0.25) is 5.02 Å². The van der Waals surface area contributed by atoms with Crippen LogP contribution < -0.4 is 4.74 Å². The summed E-state index contributed by atoms with van der Waals surface area (Å²) >= 11 is 5.81. The Morgan fingerprint density at radius 2 is 1.95 bits per heavy atom. The molecule has 2 aromatic carbocycles. The summed E-state index contributed by atoms with van der Waals surface area (Å²) in [5, 5.41) is 9.89. The van der Waals surface area contributed by atoms with E-state index in [1.807, 2.05) is 25.1 Å². The zero-order chi connectivity index (χ0) is 14.5. The summed E-state index contributed by atoms with van der Waals surface area (Å²) < 4.78 is 5.56. The van der Waals surface area contributed by atoms with Gasteiger partial charge in [-0.25, -0.2) is 4.79 Å². The first-order chi connectivity index (χ1) is 9.54. The smallest absolute Gasteiger partial charge is 0.345 e. The minimum atomic E-state index is -0.985. The van der Waals surface area contributed by atoms with Gasteiger partial charge in [-0.2, -0.15) is 0 Å². The molecule has 0 radical (unpaired) electrons. The molecule has 4 heteroatoms. The summed E-state index contributed by atoms with van der Waals surface area (Å²) in [5.41, 5.74) is 1.90. The molecule has 0 aliphatic rings. The number of hydrogen-bond donors (Lipinski definition) is 1. The van der Waals surface area contributed by atoms with Gasteiger partial charge < -0.3 is 9.84 Å². The van der Waals surface area contributed by atoms with Crippen LogP contribution in [-0.4, -0.2) is 17.2 Å². The number of carboxylic acids is 1. The van der Waals surface area contributed by atoms with Crippen molar-refractivity contribution in [3.05, 3.63) is 64.7 Å². The van der Waals surface area contributed by atoms with Gasteiger partial charge in [0.25, 0.3) is 0 Å². The Morgan fingerprint density at radius 1 is 1.25 bits per heavy atom. The summed E-state index contributed by atoms with van der Waals surface area (Å²) in [4.78, 5) is 11.3. The van der Waals surface area contributed by atoms with Gasteiger partial charge in [0, 0.05) is 11.4 Å². The number of hydrogen-bond acceptors (Lipinski definition) is 2. The van der Waals surface area contributed by atoms with Crippen molar-refractivity contribution < 1.29 is 14.6 Å². The van der Waals surface area contributed by atoms with Crippen molar-refractivity contribution in [1.82, 2.24) is 0 Å². The van der Waals surface area contributed by atoms with Gasteiger partial charge in [-0.15, -0.1) is 0 Å². The average molecular weight is 291 g/mol. The second kappa shape index (κ2) is 6.44. The van der Waals surface area contributed by atoms with Crippen molar-refractivity contribution in [2.45, 2.75) is 19.4 Å². The average Bonchev–Trinajstić information content (AvgIpc) is 2.40. The van der Waals surface area contributed by atoms with Gasteiger partial charge in [0.05, 0.1) is 0 Å². The molecule has 0 bridgehead atoms. The lowest BCUT2D eigenvalue weighted by Gasteiger charge is -2.15. The van der Waals surface area contributed by atoms with Crippen LogP contribution in [0.1, 0.15) is 11.1 Å². The molecule has 0 aliphatic heterocycles. The van der Waals surface area contributed by atoms with Gasteiger partial charge >= 0.3 is 5.97 Å². The molecule has 0 heterocycles. The largest absolute Gasteiger partial charge is 0.478 e. The monoisotopic (exact) mass is 290 g/mol. The Hall–Kier alpha value is -2.00. The van der Waals surface area contributed by atoms with E-state index in [2.05, 4.69) is 0 Å². The first-order valence-electron chi connectivity index (χ1n) is 6.25. The fourth-order valence-electron chi connectivity index (χ4n) is 1.87. The molecular formula is C16H15ClO3. The van der Waals surface area contributed by atoms with Gasteiger partial charge in [-0.3, -0.25) is 0 Å². The number of halogens is 1. The number of aliphatic carboxylic acids is 1. The van der Waals surface area contributed by atoms with E-state index in [1.165, 1.54) is 0 Å². The predicted octanol–water partition coefficient (Wildman–Crippen LogP) is 3.72. The molecule has 104 valence electrons. The predicted molar refractivity (Wildman–Crippen MR) is 78.4 cm³/mol. The summed E-state index contributed by atoms with van der Waals surface area (Å²) in [6.07, 6.45) is -0.626. The molecule has 0 fully saturated rings. The van der Waals surface area contributed by atoms with E-state index < -0.39 is 12.1 Å². The second-order valence-electron chi connectivity index (χ2n) is 4.59. The van der Waals surface area contributed by atoms with Gasteiger partial charge in [0.2, 0.25) is 0 Å². The topological polar surface area (TPSA) is 46.5 Å². The third-order valence-corrected chi connectivity index (χ3v) is 3.13. The molecule has 0 amide bonds. The number of aryl methyl sites for hydroxylation is 1. The second-order valence-corrected chi connectivity index (χ2v) is 5.03. The third-order valence-electron chi connectivity index (χ3n) is 2.88. The molecular weight excluding hydrogens is 276 g/mol. The molecule has 2 rings (SSSR count). The van der Waals surface area contributed by atoms with Crippen LogP contribution in [0.5, 0.6) is 5.75 Å². The maximum Gasteiger partial charge on any atom is 0.345 e.